The third kappa shape index (κ3) is 2.70. The number of benzene rings is 1. The molecule has 19 heavy (non-hydrogen) atoms. The van der Waals surface area contributed by atoms with Gasteiger partial charge in [-0.2, -0.15) is 5.10 Å². The molecule has 2 aromatic rings. The fraction of sp³-hybridized carbons (Fsp3) is 0.429. The van der Waals surface area contributed by atoms with E-state index in [1.165, 1.54) is 0 Å². The molecular weight excluding hydrogens is 240 g/mol. The van der Waals surface area contributed by atoms with E-state index < -0.39 is 0 Å². The molecule has 4 N–H and O–H groups in total. The van der Waals surface area contributed by atoms with Crippen molar-refractivity contribution in [2.45, 2.75) is 33.2 Å². The normalized spacial score (nSPS) is 12.8. The van der Waals surface area contributed by atoms with E-state index in [0.29, 0.717) is 17.3 Å². The SMILES string of the molecule is CCC(NC(=O)c1n[nH]c2ccc(N)cc12)C(C)C. The summed E-state index contributed by atoms with van der Waals surface area (Å²) in [5, 5.41) is 10.7. The zero-order valence-electron chi connectivity index (χ0n) is 11.5. The number of nitrogens with one attached hydrogen (secondary N) is 2. The molecule has 0 aliphatic heterocycles. The predicted octanol–water partition coefficient (Wildman–Crippen LogP) is 2.31. The van der Waals surface area contributed by atoms with Gasteiger partial charge in [0.05, 0.1) is 5.52 Å². The number of aromatic nitrogens is 2. The summed E-state index contributed by atoms with van der Waals surface area (Å²) in [6.07, 6.45) is 0.897. The Balaban J connectivity index is 2.29. The molecule has 102 valence electrons. The Kier molecular flexibility index (Phi) is 3.74. The first-order chi connectivity index (χ1) is 9.02. The minimum absolute atomic E-state index is 0.153. The second kappa shape index (κ2) is 5.30. The summed E-state index contributed by atoms with van der Waals surface area (Å²) in [5.74, 6) is 0.238. The van der Waals surface area contributed by atoms with Crippen LogP contribution >= 0.6 is 0 Å². The van der Waals surface area contributed by atoms with Crippen molar-refractivity contribution < 1.29 is 4.79 Å². The third-order valence-electron chi connectivity index (χ3n) is 3.36. The standard InChI is InChI=1S/C14H20N4O/c1-4-11(8(2)3)16-14(19)13-10-7-9(15)5-6-12(10)17-18-13/h5-8,11H,4,15H2,1-3H3,(H,16,19)(H,17,18). The van der Waals surface area contributed by atoms with Gasteiger partial charge < -0.3 is 11.1 Å². The molecule has 0 saturated heterocycles. The average molecular weight is 260 g/mol. The van der Waals surface area contributed by atoms with Crippen LogP contribution < -0.4 is 11.1 Å². The summed E-state index contributed by atoms with van der Waals surface area (Å²) in [6, 6.07) is 5.53. The first kappa shape index (κ1) is 13.4. The summed E-state index contributed by atoms with van der Waals surface area (Å²) in [6.45, 7) is 6.25. The molecule has 1 aromatic heterocycles. The molecule has 0 bridgehead atoms. The van der Waals surface area contributed by atoms with E-state index in [-0.39, 0.29) is 11.9 Å². The van der Waals surface area contributed by atoms with Crippen LogP contribution in [0.5, 0.6) is 0 Å². The van der Waals surface area contributed by atoms with Crippen LogP contribution in [0.4, 0.5) is 5.69 Å². The highest BCUT2D eigenvalue weighted by atomic mass is 16.2. The van der Waals surface area contributed by atoms with Crippen molar-refractivity contribution in [3.05, 3.63) is 23.9 Å². The van der Waals surface area contributed by atoms with Gasteiger partial charge in [0.15, 0.2) is 5.69 Å². The van der Waals surface area contributed by atoms with Crippen LogP contribution in [0.1, 0.15) is 37.7 Å². The number of nitrogens with two attached hydrogens (primary N) is 1. The number of aromatic amines is 1. The number of fused-ring (bicyclic) bond motifs is 1. The smallest absolute Gasteiger partial charge is 0.272 e. The van der Waals surface area contributed by atoms with Crippen molar-refractivity contribution in [1.82, 2.24) is 15.5 Å². The lowest BCUT2D eigenvalue weighted by Crippen LogP contribution is -2.38. The van der Waals surface area contributed by atoms with Gasteiger partial charge in [-0.3, -0.25) is 9.89 Å². The minimum Gasteiger partial charge on any atom is -0.399 e. The van der Waals surface area contributed by atoms with Crippen molar-refractivity contribution in [2.24, 2.45) is 5.92 Å². The molecule has 0 aliphatic carbocycles. The highest BCUT2D eigenvalue weighted by Crippen LogP contribution is 2.19. The molecule has 0 fully saturated rings. The van der Waals surface area contributed by atoms with Crippen LogP contribution in [0.15, 0.2) is 18.2 Å². The monoisotopic (exact) mass is 260 g/mol. The van der Waals surface area contributed by atoms with E-state index in [9.17, 15) is 4.79 Å². The molecule has 1 atom stereocenters. The number of anilines is 1. The topological polar surface area (TPSA) is 83.8 Å². The van der Waals surface area contributed by atoms with Crippen LogP contribution in [0.3, 0.4) is 0 Å². The molecule has 0 saturated carbocycles. The lowest BCUT2D eigenvalue weighted by Gasteiger charge is -2.20. The molecular formula is C14H20N4O. The Morgan fingerprint density at radius 1 is 1.47 bits per heavy atom. The fourth-order valence-corrected chi connectivity index (χ4v) is 2.18. The highest BCUT2D eigenvalue weighted by Gasteiger charge is 2.19. The number of nitrogen functional groups attached to an aromatic ring is 1. The molecule has 1 heterocycles. The van der Waals surface area contributed by atoms with Crippen molar-refractivity contribution in [2.75, 3.05) is 5.73 Å². The number of amides is 1. The summed E-state index contributed by atoms with van der Waals surface area (Å²) in [4.78, 5) is 12.3. The van der Waals surface area contributed by atoms with Crippen LogP contribution in [0.25, 0.3) is 10.9 Å². The van der Waals surface area contributed by atoms with Gasteiger partial charge in [0.2, 0.25) is 0 Å². The van der Waals surface area contributed by atoms with Crippen molar-refractivity contribution in [3.63, 3.8) is 0 Å². The Bertz CT molecular complexity index is 588. The molecule has 1 aromatic carbocycles. The van der Waals surface area contributed by atoms with E-state index in [4.69, 9.17) is 5.73 Å². The van der Waals surface area contributed by atoms with Gasteiger partial charge in [0.1, 0.15) is 0 Å². The van der Waals surface area contributed by atoms with E-state index in [1.54, 1.807) is 12.1 Å². The first-order valence-corrected chi connectivity index (χ1v) is 6.57. The number of carbonyl (C=O) groups is 1. The minimum atomic E-state index is -0.155. The second-order valence-electron chi connectivity index (χ2n) is 5.11. The van der Waals surface area contributed by atoms with Gasteiger partial charge in [0.25, 0.3) is 5.91 Å². The largest absolute Gasteiger partial charge is 0.399 e. The summed E-state index contributed by atoms with van der Waals surface area (Å²) in [5.41, 5.74) is 7.60. The molecule has 1 unspecified atom stereocenters. The molecule has 5 heteroatoms. The van der Waals surface area contributed by atoms with Crippen molar-refractivity contribution in [3.8, 4) is 0 Å². The number of carbonyl (C=O) groups excluding carboxylic acids is 1. The maximum Gasteiger partial charge on any atom is 0.272 e. The number of H-pyrrole nitrogens is 1. The molecule has 1 amide bonds. The number of hydrogen-bond acceptors (Lipinski definition) is 3. The number of nitrogens with zero attached hydrogens (tertiary/aromatic N) is 1. The van der Waals surface area contributed by atoms with Gasteiger partial charge >= 0.3 is 0 Å². The van der Waals surface area contributed by atoms with Gasteiger partial charge in [-0.25, -0.2) is 0 Å². The Morgan fingerprint density at radius 3 is 2.84 bits per heavy atom. The van der Waals surface area contributed by atoms with Gasteiger partial charge in [-0.05, 0) is 30.5 Å². The second-order valence-corrected chi connectivity index (χ2v) is 5.11. The summed E-state index contributed by atoms with van der Waals surface area (Å²) >= 11 is 0. The van der Waals surface area contributed by atoms with Crippen molar-refractivity contribution >= 4 is 22.5 Å². The Morgan fingerprint density at radius 2 is 2.21 bits per heavy atom. The van der Waals surface area contributed by atoms with Crippen LogP contribution in [-0.4, -0.2) is 22.1 Å². The maximum atomic E-state index is 12.3. The zero-order valence-corrected chi connectivity index (χ0v) is 11.5. The predicted molar refractivity (Wildman–Crippen MR) is 76.9 cm³/mol. The van der Waals surface area contributed by atoms with Crippen LogP contribution in [-0.2, 0) is 0 Å². The zero-order chi connectivity index (χ0) is 14.0. The molecule has 0 spiro atoms. The first-order valence-electron chi connectivity index (χ1n) is 6.57. The molecule has 0 aliphatic rings. The molecule has 0 radical (unpaired) electrons. The highest BCUT2D eigenvalue weighted by molar-refractivity contribution is 6.05. The number of hydrogen-bond donors (Lipinski definition) is 3. The lowest BCUT2D eigenvalue weighted by molar-refractivity contribution is 0.0921. The van der Waals surface area contributed by atoms with Crippen LogP contribution in [0.2, 0.25) is 0 Å². The van der Waals surface area contributed by atoms with Gasteiger partial charge in [-0.15, -0.1) is 0 Å². The quantitative estimate of drug-likeness (QED) is 0.737. The Labute approximate surface area is 112 Å². The van der Waals surface area contributed by atoms with E-state index in [1.807, 2.05) is 6.07 Å². The van der Waals surface area contributed by atoms with Crippen LogP contribution in [0, 0.1) is 5.92 Å². The van der Waals surface area contributed by atoms with E-state index in [2.05, 4.69) is 36.3 Å². The molecule has 2 rings (SSSR count). The number of rotatable bonds is 4. The van der Waals surface area contributed by atoms with Crippen molar-refractivity contribution in [1.29, 1.82) is 0 Å². The Hall–Kier alpha value is -2.04. The molecule has 5 nitrogen and oxygen atoms in total. The summed E-state index contributed by atoms with van der Waals surface area (Å²) < 4.78 is 0. The average Bonchev–Trinajstić information content (AvgIpc) is 2.78. The van der Waals surface area contributed by atoms with E-state index in [0.717, 1.165) is 17.3 Å². The lowest BCUT2D eigenvalue weighted by atomic mass is 10.0. The van der Waals surface area contributed by atoms with Gasteiger partial charge in [-0.1, -0.05) is 20.8 Å². The third-order valence-corrected chi connectivity index (χ3v) is 3.36. The van der Waals surface area contributed by atoms with E-state index >= 15 is 0 Å². The summed E-state index contributed by atoms with van der Waals surface area (Å²) in [7, 11) is 0. The van der Waals surface area contributed by atoms with Gasteiger partial charge in [0, 0.05) is 17.1 Å². The maximum absolute atomic E-state index is 12.3. The fourth-order valence-electron chi connectivity index (χ4n) is 2.18.